The average Bonchev–Trinajstić information content (AvgIpc) is 2.86. The van der Waals surface area contributed by atoms with Crippen LogP contribution in [0.15, 0.2) is 33.5 Å². The molecule has 23 heavy (non-hydrogen) atoms. The maximum Gasteiger partial charge on any atom is 0.294 e. The molecule has 2 unspecified atom stereocenters. The highest BCUT2D eigenvalue weighted by Gasteiger charge is 2.23. The first-order valence-corrected chi connectivity index (χ1v) is 7.88. The smallest absolute Gasteiger partial charge is 0.294 e. The monoisotopic (exact) mass is 313 g/mol. The molecular formula is C17H19N3O3. The quantitative estimate of drug-likeness (QED) is 0.786. The number of fused-ring (bicyclic) bond motifs is 3. The van der Waals surface area contributed by atoms with Gasteiger partial charge >= 0.3 is 0 Å². The number of aromatic amines is 1. The third-order valence-electron chi connectivity index (χ3n) is 4.15. The van der Waals surface area contributed by atoms with Crippen molar-refractivity contribution in [2.24, 2.45) is 0 Å². The predicted octanol–water partition coefficient (Wildman–Crippen LogP) is 2.28. The molecule has 0 amide bonds. The Labute approximate surface area is 133 Å². The van der Waals surface area contributed by atoms with Gasteiger partial charge in [0, 0.05) is 18.5 Å². The summed E-state index contributed by atoms with van der Waals surface area (Å²) in [6, 6.07) is 7.58. The number of nitrogens with zero attached hydrogens (tertiary/aromatic N) is 2. The van der Waals surface area contributed by atoms with Crippen LogP contribution in [0.1, 0.15) is 19.7 Å². The Hall–Kier alpha value is -2.18. The summed E-state index contributed by atoms with van der Waals surface area (Å²) in [7, 11) is 0. The summed E-state index contributed by atoms with van der Waals surface area (Å²) in [5.41, 5.74) is 1.38. The fourth-order valence-electron chi connectivity index (χ4n) is 3.35. The molecule has 0 radical (unpaired) electrons. The lowest BCUT2D eigenvalue weighted by Crippen LogP contribution is -2.45. The number of benzene rings is 1. The van der Waals surface area contributed by atoms with E-state index < -0.39 is 0 Å². The zero-order valence-corrected chi connectivity index (χ0v) is 13.2. The normalized spacial score (nSPS) is 22.9. The molecule has 4 rings (SSSR count). The van der Waals surface area contributed by atoms with E-state index in [0.717, 1.165) is 18.5 Å². The number of H-pyrrole nitrogens is 1. The number of hydrogen-bond donors (Lipinski definition) is 1. The van der Waals surface area contributed by atoms with Gasteiger partial charge in [0.25, 0.3) is 5.56 Å². The van der Waals surface area contributed by atoms with Gasteiger partial charge in [0.05, 0.1) is 18.8 Å². The summed E-state index contributed by atoms with van der Waals surface area (Å²) in [5, 5.41) is 0.874. The molecule has 2 aromatic heterocycles. The second-order valence-electron chi connectivity index (χ2n) is 6.24. The van der Waals surface area contributed by atoms with Crippen molar-refractivity contribution in [3.63, 3.8) is 0 Å². The number of aromatic nitrogens is 2. The van der Waals surface area contributed by atoms with E-state index in [1.54, 1.807) is 0 Å². The van der Waals surface area contributed by atoms with Gasteiger partial charge in [-0.25, -0.2) is 4.98 Å². The minimum Gasteiger partial charge on any atom is -0.449 e. The number of morpholine rings is 1. The van der Waals surface area contributed by atoms with Crippen molar-refractivity contribution in [2.75, 3.05) is 13.1 Å². The number of nitrogens with one attached hydrogen (secondary N) is 1. The molecule has 0 saturated carbocycles. The molecule has 6 nitrogen and oxygen atoms in total. The van der Waals surface area contributed by atoms with Crippen LogP contribution in [0.5, 0.6) is 0 Å². The van der Waals surface area contributed by atoms with E-state index in [2.05, 4.69) is 28.7 Å². The Morgan fingerprint density at radius 3 is 2.78 bits per heavy atom. The largest absolute Gasteiger partial charge is 0.449 e. The van der Waals surface area contributed by atoms with Crippen LogP contribution in [0.25, 0.3) is 22.1 Å². The van der Waals surface area contributed by atoms with Crippen LogP contribution in [0, 0.1) is 0 Å². The van der Waals surface area contributed by atoms with Gasteiger partial charge in [-0.05, 0) is 26.0 Å². The van der Waals surface area contributed by atoms with Gasteiger partial charge in [0.15, 0.2) is 0 Å². The lowest BCUT2D eigenvalue weighted by Gasteiger charge is -2.34. The van der Waals surface area contributed by atoms with Gasteiger partial charge in [-0.15, -0.1) is 0 Å². The number of hydrogen-bond acceptors (Lipinski definition) is 5. The van der Waals surface area contributed by atoms with Crippen molar-refractivity contribution in [2.45, 2.75) is 32.6 Å². The van der Waals surface area contributed by atoms with Crippen LogP contribution in [-0.2, 0) is 11.3 Å². The van der Waals surface area contributed by atoms with Crippen molar-refractivity contribution in [3.8, 4) is 0 Å². The molecule has 0 spiro atoms. The Kier molecular flexibility index (Phi) is 3.43. The number of rotatable bonds is 2. The van der Waals surface area contributed by atoms with E-state index in [9.17, 15) is 4.79 Å². The van der Waals surface area contributed by atoms with Crippen LogP contribution >= 0.6 is 0 Å². The molecule has 1 saturated heterocycles. The van der Waals surface area contributed by atoms with E-state index >= 15 is 0 Å². The zero-order valence-electron chi connectivity index (χ0n) is 13.2. The van der Waals surface area contributed by atoms with Crippen LogP contribution in [0.3, 0.4) is 0 Å². The second kappa shape index (κ2) is 5.47. The lowest BCUT2D eigenvalue weighted by molar-refractivity contribution is -0.0710. The lowest BCUT2D eigenvalue weighted by atomic mass is 10.2. The maximum atomic E-state index is 12.3. The molecular weight excluding hydrogens is 294 g/mol. The standard InChI is InChI=1S/C17H19N3O3/c1-10-7-20(8-11(2)22-10)9-14-18-15-12-5-3-4-6-13(12)23-16(15)17(21)19-14/h3-6,10-11H,7-9H2,1-2H3,(H,18,19,21). The molecule has 1 aliphatic heterocycles. The summed E-state index contributed by atoms with van der Waals surface area (Å²) in [6.07, 6.45) is 0.368. The van der Waals surface area contributed by atoms with Crippen molar-refractivity contribution in [1.82, 2.24) is 14.9 Å². The highest BCUT2D eigenvalue weighted by atomic mass is 16.5. The summed E-state index contributed by atoms with van der Waals surface area (Å²) in [6.45, 7) is 6.39. The van der Waals surface area contributed by atoms with Crippen LogP contribution < -0.4 is 5.56 Å². The summed E-state index contributed by atoms with van der Waals surface area (Å²) >= 11 is 0. The Morgan fingerprint density at radius 1 is 1.26 bits per heavy atom. The van der Waals surface area contributed by atoms with Gasteiger partial charge in [0.2, 0.25) is 5.58 Å². The first-order valence-electron chi connectivity index (χ1n) is 7.88. The fraction of sp³-hybridized carbons (Fsp3) is 0.412. The molecule has 1 aromatic carbocycles. The van der Waals surface area contributed by atoms with Crippen molar-refractivity contribution in [3.05, 3.63) is 40.4 Å². The molecule has 0 aliphatic carbocycles. The first-order chi connectivity index (χ1) is 11.1. The van der Waals surface area contributed by atoms with Crippen LogP contribution in [0.2, 0.25) is 0 Å². The fourth-order valence-corrected chi connectivity index (χ4v) is 3.35. The number of furan rings is 1. The van der Waals surface area contributed by atoms with E-state index in [-0.39, 0.29) is 17.8 Å². The Balaban J connectivity index is 1.73. The second-order valence-corrected chi connectivity index (χ2v) is 6.24. The molecule has 3 aromatic rings. The first kappa shape index (κ1) is 14.4. The molecule has 1 aliphatic rings. The van der Waals surface area contributed by atoms with Gasteiger partial charge in [-0.2, -0.15) is 0 Å². The van der Waals surface area contributed by atoms with Crippen molar-refractivity contribution in [1.29, 1.82) is 0 Å². The molecule has 120 valence electrons. The predicted molar refractivity (Wildman–Crippen MR) is 87.4 cm³/mol. The maximum absolute atomic E-state index is 12.3. The summed E-state index contributed by atoms with van der Waals surface area (Å²) in [4.78, 5) is 22.0. The van der Waals surface area contributed by atoms with E-state index in [0.29, 0.717) is 29.1 Å². The van der Waals surface area contributed by atoms with Crippen molar-refractivity contribution >= 4 is 22.1 Å². The third-order valence-corrected chi connectivity index (χ3v) is 4.15. The number of ether oxygens (including phenoxy) is 1. The van der Waals surface area contributed by atoms with E-state index in [4.69, 9.17) is 9.15 Å². The van der Waals surface area contributed by atoms with Gasteiger partial charge in [-0.3, -0.25) is 9.69 Å². The highest BCUT2D eigenvalue weighted by molar-refractivity contribution is 6.01. The molecule has 0 bridgehead atoms. The summed E-state index contributed by atoms with van der Waals surface area (Å²) in [5.74, 6) is 0.662. The van der Waals surface area contributed by atoms with E-state index in [1.165, 1.54) is 0 Å². The summed E-state index contributed by atoms with van der Waals surface area (Å²) < 4.78 is 11.4. The van der Waals surface area contributed by atoms with Crippen LogP contribution in [0.4, 0.5) is 0 Å². The van der Waals surface area contributed by atoms with E-state index in [1.807, 2.05) is 24.3 Å². The average molecular weight is 313 g/mol. The minimum atomic E-state index is -0.226. The minimum absolute atomic E-state index is 0.184. The molecule has 1 N–H and O–H groups in total. The van der Waals surface area contributed by atoms with Gasteiger partial charge in [0.1, 0.15) is 16.9 Å². The Bertz CT molecular complexity index is 904. The SMILES string of the molecule is CC1CN(Cc2nc3c(oc4ccccc43)c(=O)[nH]2)CC(C)O1. The molecule has 2 atom stereocenters. The zero-order chi connectivity index (χ0) is 16.0. The number of para-hydroxylation sites is 1. The topological polar surface area (TPSA) is 71.4 Å². The van der Waals surface area contributed by atoms with Crippen molar-refractivity contribution < 1.29 is 9.15 Å². The van der Waals surface area contributed by atoms with Gasteiger partial charge in [-0.1, -0.05) is 12.1 Å². The van der Waals surface area contributed by atoms with Crippen LogP contribution in [-0.4, -0.2) is 40.2 Å². The third kappa shape index (κ3) is 2.64. The highest BCUT2D eigenvalue weighted by Crippen LogP contribution is 2.24. The molecule has 6 heteroatoms. The molecule has 3 heterocycles. The molecule has 1 fully saturated rings. The van der Waals surface area contributed by atoms with Gasteiger partial charge < -0.3 is 14.1 Å². The Morgan fingerprint density at radius 2 is 2.00 bits per heavy atom.